The molecule has 0 aliphatic carbocycles. The molecule has 9 heteroatoms. The van der Waals surface area contributed by atoms with Gasteiger partial charge in [-0.15, -0.1) is 0 Å². The van der Waals surface area contributed by atoms with Gasteiger partial charge in [0.1, 0.15) is 6.61 Å². The molecule has 3 rings (SSSR count). The van der Waals surface area contributed by atoms with E-state index in [0.29, 0.717) is 24.7 Å². The zero-order chi connectivity index (χ0) is 23.6. The summed E-state index contributed by atoms with van der Waals surface area (Å²) in [6.45, 7) is 2.92. The lowest BCUT2D eigenvalue weighted by Gasteiger charge is -2.14. The minimum absolute atomic E-state index is 0.120. The van der Waals surface area contributed by atoms with Crippen LogP contribution in [-0.2, 0) is 11.4 Å². The first kappa shape index (κ1) is 25.5. The highest BCUT2D eigenvalue weighted by molar-refractivity contribution is 14.1. The fraction of sp³-hybridized carbons (Fsp3) is 0.167. The molecule has 0 aliphatic rings. The van der Waals surface area contributed by atoms with E-state index in [1.54, 1.807) is 6.21 Å². The van der Waals surface area contributed by atoms with Crippen LogP contribution in [0.3, 0.4) is 0 Å². The number of ether oxygens (including phenoxy) is 2. The van der Waals surface area contributed by atoms with Gasteiger partial charge >= 0.3 is 0 Å². The highest BCUT2D eigenvalue weighted by Crippen LogP contribution is 2.37. The topological polar surface area (TPSA) is 72.0 Å². The van der Waals surface area contributed by atoms with Gasteiger partial charge in [-0.3, -0.25) is 4.79 Å². The number of nitrogens with zero attached hydrogens (tertiary/aromatic N) is 1. The number of rotatable bonds is 10. The van der Waals surface area contributed by atoms with E-state index in [1.165, 1.54) is 0 Å². The van der Waals surface area contributed by atoms with Crippen molar-refractivity contribution in [3.05, 3.63) is 84.3 Å². The number of hydrogen-bond acceptors (Lipinski definition) is 5. The van der Waals surface area contributed by atoms with Gasteiger partial charge in [0.2, 0.25) is 0 Å². The summed E-state index contributed by atoms with van der Waals surface area (Å²) in [7, 11) is 0. The highest BCUT2D eigenvalue weighted by atomic mass is 127. The van der Waals surface area contributed by atoms with E-state index in [1.807, 2.05) is 67.6 Å². The summed E-state index contributed by atoms with van der Waals surface area (Å²) >= 11 is 9.23. The molecule has 0 aliphatic heterocycles. The van der Waals surface area contributed by atoms with Crippen LogP contribution in [0, 0.1) is 3.57 Å². The Morgan fingerprint density at radius 3 is 2.48 bits per heavy atom. The molecule has 1 amide bonds. The van der Waals surface area contributed by atoms with Gasteiger partial charge in [-0.2, -0.15) is 5.10 Å². The summed E-state index contributed by atoms with van der Waals surface area (Å²) in [5.74, 6) is 0.961. The summed E-state index contributed by atoms with van der Waals surface area (Å²) in [4.78, 5) is 12.1. The minimum Gasteiger partial charge on any atom is -0.490 e. The third-order valence-corrected chi connectivity index (χ3v) is 6.17. The van der Waals surface area contributed by atoms with Gasteiger partial charge in [-0.1, -0.05) is 28.1 Å². The number of anilines is 1. The van der Waals surface area contributed by atoms with E-state index in [4.69, 9.17) is 9.47 Å². The van der Waals surface area contributed by atoms with Crippen molar-refractivity contribution in [1.29, 1.82) is 0 Å². The van der Waals surface area contributed by atoms with Crippen LogP contribution >= 0.6 is 54.5 Å². The molecule has 0 heterocycles. The first-order valence-electron chi connectivity index (χ1n) is 10.1. The van der Waals surface area contributed by atoms with Crippen molar-refractivity contribution in [2.45, 2.75) is 13.5 Å². The van der Waals surface area contributed by atoms with E-state index in [9.17, 15) is 4.79 Å². The van der Waals surface area contributed by atoms with Crippen LogP contribution in [0.25, 0.3) is 0 Å². The SMILES string of the molecule is CCOc1cc(/C=N\NC(=O)CNc2ccc(I)cc2)cc(Br)c1OCc1ccc(Br)cc1. The Morgan fingerprint density at radius 2 is 1.79 bits per heavy atom. The number of benzene rings is 3. The molecule has 33 heavy (non-hydrogen) atoms. The van der Waals surface area contributed by atoms with Crippen molar-refractivity contribution in [1.82, 2.24) is 5.43 Å². The molecule has 0 unspecified atom stereocenters. The van der Waals surface area contributed by atoms with Crippen LogP contribution in [0.1, 0.15) is 18.1 Å². The third kappa shape index (κ3) is 8.31. The van der Waals surface area contributed by atoms with Gasteiger partial charge in [0.25, 0.3) is 5.91 Å². The van der Waals surface area contributed by atoms with Crippen molar-refractivity contribution in [2.24, 2.45) is 5.10 Å². The van der Waals surface area contributed by atoms with Gasteiger partial charge in [-0.25, -0.2) is 5.43 Å². The number of hydrazone groups is 1. The zero-order valence-electron chi connectivity index (χ0n) is 17.8. The van der Waals surface area contributed by atoms with Crippen LogP contribution in [0.4, 0.5) is 5.69 Å². The second kappa shape index (κ2) is 13.0. The predicted molar refractivity (Wildman–Crippen MR) is 147 cm³/mol. The van der Waals surface area contributed by atoms with Crippen molar-refractivity contribution in [3.8, 4) is 11.5 Å². The maximum atomic E-state index is 12.1. The molecule has 2 N–H and O–H groups in total. The minimum atomic E-state index is -0.247. The summed E-state index contributed by atoms with van der Waals surface area (Å²) in [6.07, 6.45) is 1.56. The lowest BCUT2D eigenvalue weighted by molar-refractivity contribution is -0.119. The number of nitrogens with one attached hydrogen (secondary N) is 2. The van der Waals surface area contributed by atoms with Crippen LogP contribution in [-0.4, -0.2) is 25.3 Å². The smallest absolute Gasteiger partial charge is 0.259 e. The summed E-state index contributed by atoms with van der Waals surface area (Å²) in [5.41, 5.74) is 5.20. The molecule has 6 nitrogen and oxygen atoms in total. The van der Waals surface area contributed by atoms with Gasteiger partial charge in [0, 0.05) is 13.7 Å². The molecule has 0 radical (unpaired) electrons. The van der Waals surface area contributed by atoms with Crippen LogP contribution in [0.2, 0.25) is 0 Å². The van der Waals surface area contributed by atoms with Gasteiger partial charge < -0.3 is 14.8 Å². The highest BCUT2D eigenvalue weighted by Gasteiger charge is 2.12. The predicted octanol–water partition coefficient (Wildman–Crippen LogP) is 6.36. The lowest BCUT2D eigenvalue weighted by atomic mass is 10.2. The maximum absolute atomic E-state index is 12.1. The van der Waals surface area contributed by atoms with Crippen molar-refractivity contribution < 1.29 is 14.3 Å². The average molecular weight is 687 g/mol. The quantitative estimate of drug-likeness (QED) is 0.148. The molecule has 0 atom stereocenters. The van der Waals surface area contributed by atoms with Gasteiger partial charge in [-0.05, 0) is 105 Å². The Morgan fingerprint density at radius 1 is 1.06 bits per heavy atom. The number of halogens is 3. The lowest BCUT2D eigenvalue weighted by Crippen LogP contribution is -2.25. The largest absolute Gasteiger partial charge is 0.490 e. The van der Waals surface area contributed by atoms with Crippen molar-refractivity contribution in [2.75, 3.05) is 18.5 Å². The fourth-order valence-electron chi connectivity index (χ4n) is 2.77. The number of amides is 1. The first-order chi connectivity index (χ1) is 15.9. The molecule has 0 bridgehead atoms. The Bertz CT molecular complexity index is 1110. The molecule has 0 spiro atoms. The normalized spacial score (nSPS) is 10.8. The van der Waals surface area contributed by atoms with E-state index in [2.05, 4.69) is 70.3 Å². The Balaban J connectivity index is 1.60. The number of carbonyl (C=O) groups is 1. The molecule has 0 fully saturated rings. The number of hydrogen-bond donors (Lipinski definition) is 2. The van der Waals surface area contributed by atoms with Crippen molar-refractivity contribution in [3.63, 3.8) is 0 Å². The summed E-state index contributed by atoms with van der Waals surface area (Å²) in [6, 6.07) is 19.4. The molecule has 172 valence electrons. The maximum Gasteiger partial charge on any atom is 0.259 e. The Labute approximate surface area is 223 Å². The molecule has 0 aromatic heterocycles. The van der Waals surface area contributed by atoms with E-state index in [-0.39, 0.29) is 12.5 Å². The molecule has 0 saturated heterocycles. The zero-order valence-corrected chi connectivity index (χ0v) is 23.1. The Kier molecular flexibility index (Phi) is 10.0. The monoisotopic (exact) mass is 685 g/mol. The molecular formula is C24H22Br2IN3O3. The summed E-state index contributed by atoms with van der Waals surface area (Å²) in [5, 5.41) is 7.11. The molecule has 3 aromatic rings. The Hall–Kier alpha value is -2.11. The number of carbonyl (C=O) groups excluding carboxylic acids is 1. The first-order valence-corrected chi connectivity index (χ1v) is 12.8. The van der Waals surface area contributed by atoms with E-state index >= 15 is 0 Å². The molecular weight excluding hydrogens is 665 g/mol. The standard InChI is InChI=1S/C24H22Br2IN3O3/c1-2-32-22-12-17(11-21(26)24(22)33-15-16-3-5-18(25)6-4-16)13-29-30-23(31)14-28-20-9-7-19(27)8-10-20/h3-13,28H,2,14-15H2,1H3,(H,30,31)/b29-13-. The van der Waals surface area contributed by atoms with Crippen LogP contribution < -0.4 is 20.2 Å². The van der Waals surface area contributed by atoms with Crippen molar-refractivity contribution >= 4 is 72.3 Å². The second-order valence-corrected chi connectivity index (χ2v) is 9.85. The van der Waals surface area contributed by atoms with Crippen LogP contribution in [0.5, 0.6) is 11.5 Å². The average Bonchev–Trinajstić information content (AvgIpc) is 2.79. The van der Waals surface area contributed by atoms with Gasteiger partial charge in [0.15, 0.2) is 11.5 Å². The van der Waals surface area contributed by atoms with Crippen LogP contribution in [0.15, 0.2) is 74.7 Å². The third-order valence-electron chi connectivity index (χ3n) is 4.33. The molecule has 3 aromatic carbocycles. The molecule has 0 saturated carbocycles. The summed E-state index contributed by atoms with van der Waals surface area (Å²) < 4.78 is 14.7. The van der Waals surface area contributed by atoms with Gasteiger partial charge in [0.05, 0.1) is 23.8 Å². The fourth-order valence-corrected chi connectivity index (χ4v) is 3.97. The second-order valence-electron chi connectivity index (χ2n) is 6.83. The van der Waals surface area contributed by atoms with E-state index < -0.39 is 0 Å². The van der Waals surface area contributed by atoms with E-state index in [0.717, 1.165) is 29.3 Å².